The fraction of sp³-hybridized carbons (Fsp3) is 0.429. The smallest absolute Gasteiger partial charge is 0.228 e. The number of sulfone groups is 1. The Morgan fingerprint density at radius 3 is 2.43 bits per heavy atom. The van der Waals surface area contributed by atoms with Gasteiger partial charge >= 0.3 is 6.18 Å². The molecule has 2 heterocycles. The number of rotatable bonds is 1. The zero-order valence-electron chi connectivity index (χ0n) is 10.8. The summed E-state index contributed by atoms with van der Waals surface area (Å²) in [6.45, 7) is 0. The third-order valence-electron chi connectivity index (χ3n) is 4.09. The van der Waals surface area contributed by atoms with Gasteiger partial charge in [0.1, 0.15) is 5.82 Å². The molecule has 0 amide bonds. The molecule has 1 aromatic rings. The number of alkyl halides is 3. The predicted octanol–water partition coefficient (Wildman–Crippen LogP) is 3.58. The van der Waals surface area contributed by atoms with E-state index in [-0.39, 0.29) is 12.0 Å². The molecule has 21 heavy (non-hydrogen) atoms. The van der Waals surface area contributed by atoms with Gasteiger partial charge in [-0.15, -0.1) is 0 Å². The quantitative estimate of drug-likeness (QED) is 0.741. The Bertz CT molecular complexity index is 719. The largest absolute Gasteiger partial charge is 0.416 e. The molecule has 2 unspecified atom stereocenters. The van der Waals surface area contributed by atoms with Crippen LogP contribution in [0.15, 0.2) is 24.3 Å². The summed E-state index contributed by atoms with van der Waals surface area (Å²) >= 11 is 0. The molecule has 3 rings (SSSR count). The van der Waals surface area contributed by atoms with E-state index < -0.39 is 37.9 Å². The molecule has 0 saturated carbocycles. The lowest BCUT2D eigenvalue weighted by Crippen LogP contribution is -2.26. The van der Waals surface area contributed by atoms with E-state index in [0.29, 0.717) is 24.5 Å². The van der Waals surface area contributed by atoms with Crippen LogP contribution in [-0.2, 0) is 16.0 Å². The Balaban J connectivity index is 2.05. The summed E-state index contributed by atoms with van der Waals surface area (Å²) in [4.78, 5) is 0. The molecular weight excluding hydrogens is 308 g/mol. The maximum absolute atomic E-state index is 13.4. The summed E-state index contributed by atoms with van der Waals surface area (Å²) in [5.41, 5.74) is -0.448. The highest BCUT2D eigenvalue weighted by atomic mass is 32.2. The molecule has 0 radical (unpaired) electrons. The van der Waals surface area contributed by atoms with Crippen molar-refractivity contribution >= 4 is 15.4 Å². The number of hydrogen-bond donors (Lipinski definition) is 0. The van der Waals surface area contributed by atoms with Gasteiger partial charge in [0.2, 0.25) is 0 Å². The number of benzene rings is 1. The minimum Gasteiger partial charge on any atom is -0.228 e. The Kier molecular flexibility index (Phi) is 3.16. The fourth-order valence-corrected chi connectivity index (χ4v) is 5.20. The lowest BCUT2D eigenvalue weighted by molar-refractivity contribution is -0.137. The van der Waals surface area contributed by atoms with E-state index in [2.05, 4.69) is 0 Å². The summed E-state index contributed by atoms with van der Waals surface area (Å²) in [5, 5.41) is -1.20. The molecule has 7 heteroatoms. The van der Waals surface area contributed by atoms with Crippen molar-refractivity contribution in [2.75, 3.05) is 0 Å². The molecule has 0 N–H and O–H groups in total. The van der Waals surface area contributed by atoms with E-state index in [4.69, 9.17) is 0 Å². The Labute approximate surface area is 119 Å². The topological polar surface area (TPSA) is 34.1 Å². The first kappa shape index (κ1) is 14.6. The molecule has 2 atom stereocenters. The van der Waals surface area contributed by atoms with Gasteiger partial charge in [-0.2, -0.15) is 13.2 Å². The van der Waals surface area contributed by atoms with Crippen LogP contribution in [0.25, 0.3) is 5.57 Å². The van der Waals surface area contributed by atoms with Gasteiger partial charge < -0.3 is 0 Å². The number of fused-ring (bicyclic) bond motifs is 2. The minimum absolute atomic E-state index is 0.120. The predicted molar refractivity (Wildman–Crippen MR) is 69.7 cm³/mol. The van der Waals surface area contributed by atoms with E-state index in [0.717, 1.165) is 12.1 Å². The third kappa shape index (κ3) is 2.47. The first-order valence-electron chi connectivity index (χ1n) is 6.49. The van der Waals surface area contributed by atoms with E-state index >= 15 is 0 Å². The summed E-state index contributed by atoms with van der Waals surface area (Å²) in [6.07, 6.45) is -2.00. The molecule has 1 aromatic carbocycles. The molecular formula is C14H12F4O2S. The van der Waals surface area contributed by atoms with E-state index in [1.807, 2.05) is 0 Å². The standard InChI is InChI=1S/C14H12F4O2S/c15-11-4-8(3-10(7-11)14(16,17)18)9-5-12-1-2-13(6-9)21(12,19)20/h3-5,7,12-13H,1-2,6H2. The number of hydrogen-bond acceptors (Lipinski definition) is 2. The highest BCUT2D eigenvalue weighted by molar-refractivity contribution is 7.93. The minimum atomic E-state index is -4.63. The summed E-state index contributed by atoms with van der Waals surface area (Å²) in [7, 11) is -3.21. The fourth-order valence-electron chi connectivity index (χ4n) is 3.01. The van der Waals surface area contributed by atoms with Crippen molar-refractivity contribution in [1.29, 1.82) is 0 Å². The van der Waals surface area contributed by atoms with Gasteiger partial charge in [0, 0.05) is 0 Å². The van der Waals surface area contributed by atoms with Crippen molar-refractivity contribution in [2.24, 2.45) is 0 Å². The molecule has 1 saturated heterocycles. The molecule has 0 spiro atoms. The first-order valence-corrected chi connectivity index (χ1v) is 8.10. The first-order chi connectivity index (χ1) is 9.68. The van der Waals surface area contributed by atoms with Crippen LogP contribution in [0.3, 0.4) is 0 Å². The number of allylic oxidation sites excluding steroid dienone is 1. The lowest BCUT2D eigenvalue weighted by atomic mass is 9.98. The Hall–Kier alpha value is -1.37. The Morgan fingerprint density at radius 2 is 1.81 bits per heavy atom. The van der Waals surface area contributed by atoms with E-state index in [9.17, 15) is 26.0 Å². The van der Waals surface area contributed by atoms with Crippen LogP contribution >= 0.6 is 0 Å². The second-order valence-corrected chi connectivity index (χ2v) is 7.90. The summed E-state index contributed by atoms with van der Waals surface area (Å²) in [6, 6.07) is 2.35. The van der Waals surface area contributed by atoms with Gasteiger partial charge in [0.05, 0.1) is 16.1 Å². The summed E-state index contributed by atoms with van der Waals surface area (Å²) < 4.78 is 75.5. The van der Waals surface area contributed by atoms with Crippen LogP contribution in [0.5, 0.6) is 0 Å². The van der Waals surface area contributed by atoms with Gasteiger partial charge in [0.25, 0.3) is 0 Å². The molecule has 114 valence electrons. The monoisotopic (exact) mass is 320 g/mol. The molecule has 2 aliphatic rings. The van der Waals surface area contributed by atoms with E-state index in [1.165, 1.54) is 6.08 Å². The molecule has 0 aliphatic carbocycles. The van der Waals surface area contributed by atoms with Gasteiger partial charge in [0.15, 0.2) is 9.84 Å². The van der Waals surface area contributed by atoms with Crippen LogP contribution in [0, 0.1) is 5.82 Å². The maximum Gasteiger partial charge on any atom is 0.416 e. The van der Waals surface area contributed by atoms with Gasteiger partial charge in [-0.25, -0.2) is 12.8 Å². The van der Waals surface area contributed by atoms with Crippen molar-refractivity contribution in [1.82, 2.24) is 0 Å². The normalized spacial score (nSPS) is 27.5. The second kappa shape index (κ2) is 4.56. The van der Waals surface area contributed by atoms with Crippen molar-refractivity contribution in [3.8, 4) is 0 Å². The Morgan fingerprint density at radius 1 is 1.10 bits per heavy atom. The highest BCUT2D eigenvalue weighted by Gasteiger charge is 2.43. The van der Waals surface area contributed by atoms with Gasteiger partial charge in [-0.3, -0.25) is 0 Å². The van der Waals surface area contributed by atoms with Crippen LogP contribution in [0.2, 0.25) is 0 Å². The molecule has 0 aromatic heterocycles. The maximum atomic E-state index is 13.4. The van der Waals surface area contributed by atoms with Gasteiger partial charge in [-0.05, 0) is 48.6 Å². The van der Waals surface area contributed by atoms with Crippen LogP contribution < -0.4 is 0 Å². The average Bonchev–Trinajstić information content (AvgIpc) is 2.56. The van der Waals surface area contributed by atoms with Crippen LogP contribution in [0.1, 0.15) is 30.4 Å². The van der Waals surface area contributed by atoms with Crippen LogP contribution in [0.4, 0.5) is 17.6 Å². The summed E-state index contributed by atoms with van der Waals surface area (Å²) in [5.74, 6) is -0.971. The molecule has 2 bridgehead atoms. The average molecular weight is 320 g/mol. The molecule has 2 aliphatic heterocycles. The van der Waals surface area contributed by atoms with Gasteiger partial charge in [-0.1, -0.05) is 6.08 Å². The highest BCUT2D eigenvalue weighted by Crippen LogP contribution is 2.41. The van der Waals surface area contributed by atoms with Crippen molar-refractivity contribution < 1.29 is 26.0 Å². The van der Waals surface area contributed by atoms with E-state index in [1.54, 1.807) is 0 Å². The van der Waals surface area contributed by atoms with Crippen molar-refractivity contribution in [2.45, 2.75) is 35.9 Å². The SMILES string of the molecule is O=S1(=O)C2C=C(c3cc(F)cc(C(F)(F)F)c3)CC1CC2. The molecule has 2 nitrogen and oxygen atoms in total. The lowest BCUT2D eigenvalue weighted by Gasteiger charge is -2.21. The second-order valence-electron chi connectivity index (χ2n) is 5.45. The third-order valence-corrected chi connectivity index (χ3v) is 6.64. The van der Waals surface area contributed by atoms with Crippen molar-refractivity contribution in [3.63, 3.8) is 0 Å². The molecule has 1 fully saturated rings. The van der Waals surface area contributed by atoms with Crippen LogP contribution in [-0.4, -0.2) is 18.9 Å². The number of halogens is 4. The van der Waals surface area contributed by atoms with Crippen molar-refractivity contribution in [3.05, 3.63) is 41.2 Å². The zero-order valence-corrected chi connectivity index (χ0v) is 11.6. The zero-order chi connectivity index (χ0) is 15.4.